The maximum absolute atomic E-state index is 17.1. The SMILES string of the molecule is CO[C@@H](C)c1ncc(N2CCOCC2)cc1-c1c2c3cc(c(F)cc3n1CC(F)(F)F)-c1csc(n1)C[C@H](NC(=O)[C@H](C1CCCC1)N(C)C(=O)C1(F)CCN(C(=O)[C@H]3[C@@H](C4CC4)N3C)CC1)C(=O)N1CCC[C@H](N1)C(=O)OCC(C)(C)C2. The van der Waals surface area contributed by atoms with Crippen LogP contribution in [-0.2, 0) is 57.6 Å². The summed E-state index contributed by atoms with van der Waals surface area (Å²) >= 11 is 1.09. The zero-order valence-corrected chi connectivity index (χ0v) is 48.8. The molecule has 24 heteroatoms. The summed E-state index contributed by atoms with van der Waals surface area (Å²) < 4.78 is 98.0. The number of nitrogens with zero attached hydrogens (tertiary/aromatic N) is 8. The maximum Gasteiger partial charge on any atom is 0.406 e. The van der Waals surface area contributed by atoms with Gasteiger partial charge in [-0.05, 0) is 94.5 Å². The van der Waals surface area contributed by atoms with Gasteiger partial charge in [-0.2, -0.15) is 13.2 Å². The zero-order valence-electron chi connectivity index (χ0n) is 48.0. The Hall–Kier alpha value is -5.82. The number of anilines is 1. The molecule has 450 valence electrons. The Kier molecular flexibility index (Phi) is 16.5. The molecule has 6 fully saturated rings. The van der Waals surface area contributed by atoms with E-state index in [4.69, 9.17) is 24.2 Å². The molecule has 4 aromatic rings. The van der Waals surface area contributed by atoms with E-state index in [1.54, 1.807) is 29.5 Å². The molecule has 7 aliphatic rings. The fourth-order valence-electron chi connectivity index (χ4n) is 13.5. The second-order valence-corrected chi connectivity index (χ2v) is 25.7. The van der Waals surface area contributed by atoms with E-state index in [0.717, 1.165) is 47.7 Å². The number of likely N-dealkylation sites (tertiary alicyclic amines) is 1. The van der Waals surface area contributed by atoms with Gasteiger partial charge in [0.05, 0.1) is 65.4 Å². The first-order chi connectivity index (χ1) is 39.5. The van der Waals surface area contributed by atoms with Crippen LogP contribution in [0, 0.1) is 23.1 Å². The first kappa shape index (κ1) is 58.9. The van der Waals surface area contributed by atoms with Crippen LogP contribution in [0.4, 0.5) is 27.6 Å². The van der Waals surface area contributed by atoms with E-state index < -0.39 is 77.5 Å². The fourth-order valence-corrected chi connectivity index (χ4v) is 14.4. The van der Waals surface area contributed by atoms with Gasteiger partial charge in [0.25, 0.3) is 11.8 Å². The number of alkyl halides is 4. The van der Waals surface area contributed by atoms with Crippen molar-refractivity contribution in [3.05, 3.63) is 51.9 Å². The van der Waals surface area contributed by atoms with Crippen LogP contribution in [0.2, 0.25) is 0 Å². The van der Waals surface area contributed by atoms with Gasteiger partial charge in [-0.15, -0.1) is 11.3 Å². The minimum absolute atomic E-state index is 0.0282. The van der Waals surface area contributed by atoms with Crippen LogP contribution in [0.15, 0.2) is 29.8 Å². The van der Waals surface area contributed by atoms with Crippen LogP contribution in [0.3, 0.4) is 0 Å². The quantitative estimate of drug-likeness (QED) is 0.0829. The number of ether oxygens (including phenoxy) is 3. The zero-order chi connectivity index (χ0) is 58.9. The number of hydrogen-bond donors (Lipinski definition) is 2. The van der Waals surface area contributed by atoms with Crippen molar-refractivity contribution in [1.29, 1.82) is 0 Å². The second-order valence-electron chi connectivity index (χ2n) is 24.8. The Labute approximate surface area is 483 Å². The number of rotatable bonds is 12. The largest absolute Gasteiger partial charge is 0.464 e. The summed E-state index contributed by atoms with van der Waals surface area (Å²) in [6.07, 6.45) is 1.09. The molecule has 11 rings (SSSR count). The number of benzene rings is 1. The minimum Gasteiger partial charge on any atom is -0.464 e. The average Bonchev–Trinajstić information content (AvgIpc) is 4.45. The molecular weight excluding hydrogens is 1100 g/mol. The predicted octanol–water partition coefficient (Wildman–Crippen LogP) is 7.16. The van der Waals surface area contributed by atoms with Gasteiger partial charge in [0.15, 0.2) is 5.67 Å². The first-order valence-electron chi connectivity index (χ1n) is 29.3. The molecule has 4 amide bonds. The fraction of sp³-hybridized carbons (Fsp3) is 0.644. The number of carbonyl (C=O) groups is 5. The lowest BCUT2D eigenvalue weighted by Crippen LogP contribution is -2.63. The summed E-state index contributed by atoms with van der Waals surface area (Å²) in [6, 6.07) is 0.801. The Balaban J connectivity index is 0.947. The molecule has 1 aromatic carbocycles. The number of fused-ring (bicyclic) bond motifs is 6. The number of nitrogens with one attached hydrogen (secondary N) is 2. The number of thiazole rings is 1. The average molecular weight is 1180 g/mol. The highest BCUT2D eigenvalue weighted by Crippen LogP contribution is 2.48. The van der Waals surface area contributed by atoms with E-state index in [2.05, 4.69) is 15.6 Å². The minimum atomic E-state index is -4.77. The van der Waals surface area contributed by atoms with E-state index >= 15 is 26.7 Å². The molecule has 2 N–H and O–H groups in total. The molecule has 7 atom stereocenters. The van der Waals surface area contributed by atoms with Gasteiger partial charge in [0, 0.05) is 99.5 Å². The van der Waals surface area contributed by atoms with Crippen LogP contribution >= 0.6 is 11.3 Å². The standard InChI is InChI=1S/C59H75F5N10O8S/c1-33(80-6)47-39(24-36(29-65-47)71-20-22-81-23-21-71)50-40-28-57(2,3)32-82-55(78)42-12-9-17-74(68-42)53(76)43(27-46-66-44(30-83-46)38-25-37(40)45(26-41(38)60)73(50)31-59(62,63)64)67-52(75)49(34-10-7-8-11-34)70(5)56(79)58(61)15-18-72(19-16-58)54(77)51-48(69(51)4)35-13-14-35/h24-26,29-30,33-35,42-43,48-49,51,68H,7-23,27-28,31-32H2,1-6H3,(H,67,75)/t33-,42-,43-,48+,49-,51+,69?/m0/s1. The van der Waals surface area contributed by atoms with E-state index in [1.165, 1.54) is 30.1 Å². The number of morpholine rings is 1. The molecule has 6 bridgehead atoms. The number of halogens is 5. The van der Waals surface area contributed by atoms with Gasteiger partial charge in [-0.3, -0.25) is 38.9 Å². The molecule has 1 unspecified atom stereocenters. The number of hydrazine groups is 1. The van der Waals surface area contributed by atoms with Gasteiger partial charge in [-0.1, -0.05) is 26.7 Å². The van der Waals surface area contributed by atoms with Crippen molar-refractivity contribution >= 4 is 57.5 Å². The molecular formula is C59H75F5N10O8S. The van der Waals surface area contributed by atoms with Crippen molar-refractivity contribution < 1.29 is 60.1 Å². The van der Waals surface area contributed by atoms with Crippen LogP contribution in [0.5, 0.6) is 0 Å². The summed E-state index contributed by atoms with van der Waals surface area (Å²) in [5.41, 5.74) is 1.72. The normalized spacial score (nSPS) is 25.9. The van der Waals surface area contributed by atoms with Crippen molar-refractivity contribution in [2.24, 2.45) is 17.3 Å². The first-order valence-corrected chi connectivity index (χ1v) is 30.1. The monoisotopic (exact) mass is 1180 g/mol. The number of hydrogen-bond acceptors (Lipinski definition) is 14. The Bertz CT molecular complexity index is 3130. The molecule has 4 saturated heterocycles. The molecule has 83 heavy (non-hydrogen) atoms. The Morgan fingerprint density at radius 1 is 0.988 bits per heavy atom. The second kappa shape index (κ2) is 23.2. The van der Waals surface area contributed by atoms with Crippen LogP contribution in [0.1, 0.15) is 107 Å². The lowest BCUT2D eigenvalue weighted by atomic mass is 9.84. The van der Waals surface area contributed by atoms with Crippen LogP contribution in [0.25, 0.3) is 33.4 Å². The highest BCUT2D eigenvalue weighted by Gasteiger charge is 2.58. The third-order valence-electron chi connectivity index (χ3n) is 18.3. The summed E-state index contributed by atoms with van der Waals surface area (Å²) in [7, 11) is 4.83. The number of pyridine rings is 1. The highest BCUT2D eigenvalue weighted by molar-refractivity contribution is 7.10. The number of amides is 4. The van der Waals surface area contributed by atoms with E-state index in [9.17, 15) is 19.2 Å². The van der Waals surface area contributed by atoms with Crippen molar-refractivity contribution in [3.8, 4) is 22.5 Å². The van der Waals surface area contributed by atoms with Crippen LogP contribution < -0.4 is 15.6 Å². The van der Waals surface area contributed by atoms with Crippen molar-refractivity contribution in [2.45, 2.75) is 153 Å². The van der Waals surface area contributed by atoms with E-state index in [0.29, 0.717) is 90.8 Å². The van der Waals surface area contributed by atoms with E-state index in [1.807, 2.05) is 25.8 Å². The predicted molar refractivity (Wildman–Crippen MR) is 299 cm³/mol. The molecule has 0 radical (unpaired) electrons. The topological polar surface area (TPSA) is 184 Å². The molecule has 0 spiro atoms. The van der Waals surface area contributed by atoms with Gasteiger partial charge in [0.1, 0.15) is 36.5 Å². The van der Waals surface area contributed by atoms with Gasteiger partial charge >= 0.3 is 12.1 Å². The number of carbonyl (C=O) groups excluding carboxylic acids is 5. The number of aromatic nitrogens is 3. The lowest BCUT2D eigenvalue weighted by Gasteiger charge is -2.40. The van der Waals surface area contributed by atoms with Gasteiger partial charge < -0.3 is 38.8 Å². The summed E-state index contributed by atoms with van der Waals surface area (Å²) in [5.74, 6) is -3.63. The molecule has 8 heterocycles. The Morgan fingerprint density at radius 2 is 1.71 bits per heavy atom. The lowest BCUT2D eigenvalue weighted by molar-refractivity contribution is -0.156. The molecule has 2 saturated carbocycles. The third kappa shape index (κ3) is 12.1. The molecule has 18 nitrogen and oxygen atoms in total. The number of cyclic esters (lactones) is 1. The van der Waals surface area contributed by atoms with Gasteiger partial charge in [0.2, 0.25) is 11.8 Å². The maximum atomic E-state index is 17.1. The summed E-state index contributed by atoms with van der Waals surface area (Å²) in [5, 5.41) is 6.39. The van der Waals surface area contributed by atoms with Crippen molar-refractivity contribution in [1.82, 2.24) is 45.0 Å². The number of methoxy groups -OCH3 is 1. The molecule has 5 aliphatic heterocycles. The van der Waals surface area contributed by atoms with Crippen LogP contribution in [-0.4, -0.2) is 180 Å². The smallest absolute Gasteiger partial charge is 0.406 e. The number of piperidine rings is 1. The van der Waals surface area contributed by atoms with Gasteiger partial charge in [-0.25, -0.2) is 19.2 Å². The summed E-state index contributed by atoms with van der Waals surface area (Å²) in [6.45, 7) is 5.87. The van der Waals surface area contributed by atoms with E-state index in [-0.39, 0.29) is 98.3 Å². The summed E-state index contributed by atoms with van der Waals surface area (Å²) in [4.78, 5) is 88.8. The Morgan fingerprint density at radius 3 is 2.40 bits per heavy atom. The molecule has 3 aromatic heterocycles. The highest BCUT2D eigenvalue weighted by atomic mass is 32.1. The number of esters is 1. The van der Waals surface area contributed by atoms with Crippen molar-refractivity contribution in [3.63, 3.8) is 0 Å². The molecule has 2 aliphatic carbocycles. The number of likely N-dealkylation sites (N-methyl/N-ethyl adjacent to an activating group) is 2. The third-order valence-corrected chi connectivity index (χ3v) is 19.2. The van der Waals surface area contributed by atoms with Crippen molar-refractivity contribution in [2.75, 3.05) is 78.6 Å².